The van der Waals surface area contributed by atoms with E-state index in [0.717, 1.165) is 29.9 Å². The van der Waals surface area contributed by atoms with Gasteiger partial charge in [0.2, 0.25) is 0 Å². The molecule has 3 nitrogen and oxygen atoms in total. The van der Waals surface area contributed by atoms with E-state index in [1.165, 1.54) is 17.4 Å². The van der Waals surface area contributed by atoms with Gasteiger partial charge in [0.15, 0.2) is 0 Å². The number of halogens is 3. The lowest BCUT2D eigenvalue weighted by Crippen LogP contribution is -2.30. The van der Waals surface area contributed by atoms with Crippen molar-refractivity contribution in [2.45, 2.75) is 25.1 Å². The largest absolute Gasteiger partial charge is 0.416 e. The van der Waals surface area contributed by atoms with E-state index in [9.17, 15) is 18.0 Å². The minimum absolute atomic E-state index is 0.0520. The molecule has 1 atom stereocenters. The number of thiophene rings is 1. The van der Waals surface area contributed by atoms with Crippen LogP contribution >= 0.6 is 22.7 Å². The standard InChI is InChI=1S/C19H15F3N2OS2/c20-19(21,22)13-5-1-4-12(10-13)17-23-14(11-27-17)18(25)24-8-2-6-15(24)16-7-3-9-26-16/h1,3-5,7,9-11,15H,2,6,8H2. The van der Waals surface area contributed by atoms with E-state index >= 15 is 0 Å². The summed E-state index contributed by atoms with van der Waals surface area (Å²) in [4.78, 5) is 20.2. The molecule has 1 aliphatic heterocycles. The Morgan fingerprint density at radius 1 is 1.19 bits per heavy atom. The summed E-state index contributed by atoms with van der Waals surface area (Å²) in [5.41, 5.74) is -0.0682. The summed E-state index contributed by atoms with van der Waals surface area (Å²) < 4.78 is 38.8. The summed E-state index contributed by atoms with van der Waals surface area (Å²) in [6.45, 7) is 0.665. The van der Waals surface area contributed by atoms with Crippen LogP contribution < -0.4 is 0 Å². The fourth-order valence-corrected chi connectivity index (χ4v) is 4.93. The van der Waals surface area contributed by atoms with Gasteiger partial charge in [-0.1, -0.05) is 18.2 Å². The molecule has 4 rings (SSSR count). The van der Waals surface area contributed by atoms with Crippen LogP contribution in [0.25, 0.3) is 10.6 Å². The van der Waals surface area contributed by atoms with E-state index in [2.05, 4.69) is 4.98 Å². The minimum atomic E-state index is -4.41. The number of hydrogen-bond acceptors (Lipinski definition) is 4. The Bertz CT molecular complexity index is 950. The number of benzene rings is 1. The molecule has 0 radical (unpaired) electrons. The Balaban J connectivity index is 1.58. The second-order valence-electron chi connectivity index (χ2n) is 6.29. The molecular formula is C19H15F3N2OS2. The number of carbonyl (C=O) groups is 1. The highest BCUT2D eigenvalue weighted by Crippen LogP contribution is 2.37. The van der Waals surface area contributed by atoms with Crippen molar-refractivity contribution in [3.63, 3.8) is 0 Å². The number of likely N-dealkylation sites (tertiary alicyclic amines) is 1. The summed E-state index contributed by atoms with van der Waals surface area (Å²) >= 11 is 2.81. The first-order valence-corrected chi connectivity index (χ1v) is 10.2. The van der Waals surface area contributed by atoms with Crippen molar-refractivity contribution in [3.05, 3.63) is 63.3 Å². The average Bonchev–Trinajstić information content (AvgIpc) is 3.41. The Kier molecular flexibility index (Phi) is 4.77. The fraction of sp³-hybridized carbons (Fsp3) is 0.263. The van der Waals surface area contributed by atoms with Gasteiger partial charge in [-0.2, -0.15) is 13.2 Å². The minimum Gasteiger partial charge on any atom is -0.329 e. The van der Waals surface area contributed by atoms with Gasteiger partial charge in [0.1, 0.15) is 10.7 Å². The smallest absolute Gasteiger partial charge is 0.329 e. The molecule has 1 unspecified atom stereocenters. The monoisotopic (exact) mass is 408 g/mol. The molecule has 27 heavy (non-hydrogen) atoms. The molecule has 1 fully saturated rings. The third-order valence-electron chi connectivity index (χ3n) is 4.55. The highest BCUT2D eigenvalue weighted by Gasteiger charge is 2.33. The highest BCUT2D eigenvalue weighted by molar-refractivity contribution is 7.13. The molecule has 3 aromatic rings. The zero-order valence-corrected chi connectivity index (χ0v) is 15.7. The van der Waals surface area contributed by atoms with Crippen molar-refractivity contribution >= 4 is 28.6 Å². The zero-order valence-electron chi connectivity index (χ0n) is 14.1. The number of thiazole rings is 1. The summed E-state index contributed by atoms with van der Waals surface area (Å²) in [5.74, 6) is -0.166. The van der Waals surface area contributed by atoms with Crippen LogP contribution in [0.3, 0.4) is 0 Å². The molecule has 8 heteroatoms. The van der Waals surface area contributed by atoms with E-state index < -0.39 is 11.7 Å². The quantitative estimate of drug-likeness (QED) is 0.543. The molecule has 0 aliphatic carbocycles. The number of aromatic nitrogens is 1. The lowest BCUT2D eigenvalue weighted by atomic mass is 10.1. The molecule has 1 amide bonds. The van der Waals surface area contributed by atoms with Crippen molar-refractivity contribution in [2.75, 3.05) is 6.54 Å². The van der Waals surface area contributed by atoms with Crippen molar-refractivity contribution in [3.8, 4) is 10.6 Å². The molecule has 2 aromatic heterocycles. The average molecular weight is 408 g/mol. The lowest BCUT2D eigenvalue weighted by Gasteiger charge is -2.22. The lowest BCUT2D eigenvalue weighted by molar-refractivity contribution is -0.137. The molecule has 1 aromatic carbocycles. The number of amides is 1. The molecule has 0 bridgehead atoms. The summed E-state index contributed by atoms with van der Waals surface area (Å²) in [5, 5.41) is 4.03. The van der Waals surface area contributed by atoms with E-state index in [-0.39, 0.29) is 17.6 Å². The number of carbonyl (C=O) groups excluding carboxylic acids is 1. The number of nitrogens with zero attached hydrogens (tertiary/aromatic N) is 2. The van der Waals surface area contributed by atoms with Crippen molar-refractivity contribution in [1.82, 2.24) is 9.88 Å². The van der Waals surface area contributed by atoms with Gasteiger partial charge in [0, 0.05) is 22.4 Å². The first-order chi connectivity index (χ1) is 12.9. The number of rotatable bonds is 3. The van der Waals surface area contributed by atoms with Gasteiger partial charge in [-0.05, 0) is 36.4 Å². The Labute approximate surface area is 162 Å². The number of alkyl halides is 3. The molecule has 0 N–H and O–H groups in total. The summed E-state index contributed by atoms with van der Waals surface area (Å²) in [6, 6.07) is 9.07. The Morgan fingerprint density at radius 2 is 2.04 bits per heavy atom. The maximum Gasteiger partial charge on any atom is 0.416 e. The maximum atomic E-state index is 12.9. The van der Waals surface area contributed by atoms with Crippen LogP contribution in [0, 0.1) is 0 Å². The summed E-state index contributed by atoms with van der Waals surface area (Å²) in [7, 11) is 0. The Hall–Kier alpha value is -2.19. The van der Waals surface area contributed by atoms with Crippen LogP contribution in [-0.2, 0) is 6.18 Å². The molecule has 1 saturated heterocycles. The predicted octanol–water partition coefficient (Wildman–Crippen LogP) is 5.87. The van der Waals surface area contributed by atoms with E-state index in [1.54, 1.807) is 22.8 Å². The highest BCUT2D eigenvalue weighted by atomic mass is 32.1. The van der Waals surface area contributed by atoms with Crippen molar-refractivity contribution in [1.29, 1.82) is 0 Å². The first kappa shape index (κ1) is 18.2. The van der Waals surface area contributed by atoms with E-state index in [0.29, 0.717) is 17.1 Å². The van der Waals surface area contributed by atoms with Gasteiger partial charge in [0.05, 0.1) is 11.6 Å². The van der Waals surface area contributed by atoms with Gasteiger partial charge < -0.3 is 4.90 Å². The molecule has 0 saturated carbocycles. The van der Waals surface area contributed by atoms with Crippen LogP contribution in [-0.4, -0.2) is 22.3 Å². The fourth-order valence-electron chi connectivity index (χ4n) is 3.27. The van der Waals surface area contributed by atoms with E-state index in [4.69, 9.17) is 0 Å². The maximum absolute atomic E-state index is 12.9. The topological polar surface area (TPSA) is 33.2 Å². The van der Waals surface area contributed by atoms with Gasteiger partial charge in [-0.3, -0.25) is 4.79 Å². The molecular weight excluding hydrogens is 393 g/mol. The molecule has 3 heterocycles. The molecule has 0 spiro atoms. The zero-order chi connectivity index (χ0) is 19.0. The molecule has 1 aliphatic rings. The SMILES string of the molecule is O=C(c1csc(-c2cccc(C(F)(F)F)c2)n1)N1CCCC1c1cccs1. The third kappa shape index (κ3) is 3.64. The Morgan fingerprint density at radius 3 is 2.78 bits per heavy atom. The van der Waals surface area contributed by atoms with Crippen LogP contribution in [0.4, 0.5) is 13.2 Å². The second-order valence-corrected chi connectivity index (χ2v) is 8.13. The number of hydrogen-bond donors (Lipinski definition) is 0. The first-order valence-electron chi connectivity index (χ1n) is 8.41. The van der Waals surface area contributed by atoms with Crippen molar-refractivity contribution < 1.29 is 18.0 Å². The van der Waals surface area contributed by atoms with Crippen LogP contribution in [0.2, 0.25) is 0 Å². The predicted molar refractivity (Wildman–Crippen MR) is 99.9 cm³/mol. The third-order valence-corrected chi connectivity index (χ3v) is 6.41. The van der Waals surface area contributed by atoms with Crippen LogP contribution in [0.5, 0.6) is 0 Å². The normalized spacial score (nSPS) is 17.4. The van der Waals surface area contributed by atoms with Gasteiger partial charge in [-0.25, -0.2) is 4.98 Å². The van der Waals surface area contributed by atoms with Crippen molar-refractivity contribution in [2.24, 2.45) is 0 Å². The van der Waals surface area contributed by atoms with Crippen LogP contribution in [0.1, 0.15) is 39.8 Å². The van der Waals surface area contributed by atoms with E-state index in [1.807, 2.05) is 22.4 Å². The van der Waals surface area contributed by atoms with Crippen LogP contribution in [0.15, 0.2) is 47.2 Å². The van der Waals surface area contributed by atoms with Gasteiger partial charge in [0.25, 0.3) is 5.91 Å². The second kappa shape index (κ2) is 7.09. The molecule has 140 valence electrons. The summed E-state index contributed by atoms with van der Waals surface area (Å²) in [6.07, 6.45) is -2.56. The van der Waals surface area contributed by atoms with Gasteiger partial charge >= 0.3 is 6.18 Å². The van der Waals surface area contributed by atoms with Gasteiger partial charge in [-0.15, -0.1) is 22.7 Å².